The van der Waals surface area contributed by atoms with Gasteiger partial charge in [-0.25, -0.2) is 0 Å². The van der Waals surface area contributed by atoms with Crippen molar-refractivity contribution < 1.29 is 14.4 Å². The van der Waals surface area contributed by atoms with Crippen molar-refractivity contribution >= 4 is 51.1 Å². The highest BCUT2D eigenvalue weighted by atomic mass is 16.2. The zero-order chi connectivity index (χ0) is 23.8. The van der Waals surface area contributed by atoms with Crippen molar-refractivity contribution in [3.8, 4) is 0 Å². The number of carbonyl (C=O) groups is 3. The fraction of sp³-hybridized carbons (Fsp3) is 0.296. The molecule has 34 heavy (non-hydrogen) atoms. The molecule has 1 unspecified atom stereocenters. The Bertz CT molecular complexity index is 1340. The van der Waals surface area contributed by atoms with Crippen molar-refractivity contribution in [1.29, 1.82) is 0 Å². The van der Waals surface area contributed by atoms with Crippen LogP contribution in [0.1, 0.15) is 44.2 Å². The third kappa shape index (κ3) is 3.98. The van der Waals surface area contributed by atoms with Crippen LogP contribution in [0, 0.1) is 5.92 Å². The van der Waals surface area contributed by atoms with Gasteiger partial charge in [0.05, 0.1) is 11.1 Å². The van der Waals surface area contributed by atoms with E-state index in [0.29, 0.717) is 28.3 Å². The van der Waals surface area contributed by atoms with Crippen LogP contribution in [-0.2, 0) is 14.4 Å². The zero-order valence-electron chi connectivity index (χ0n) is 19.4. The van der Waals surface area contributed by atoms with E-state index in [2.05, 4.69) is 27.4 Å². The van der Waals surface area contributed by atoms with Crippen LogP contribution in [0.5, 0.6) is 0 Å². The quantitative estimate of drug-likeness (QED) is 0.510. The Hall–Kier alpha value is -3.87. The molecule has 1 saturated heterocycles. The van der Waals surface area contributed by atoms with E-state index in [4.69, 9.17) is 0 Å². The van der Waals surface area contributed by atoms with Gasteiger partial charge in [0.15, 0.2) is 0 Å². The minimum absolute atomic E-state index is 0.239. The van der Waals surface area contributed by atoms with E-state index in [1.807, 2.05) is 42.5 Å². The summed E-state index contributed by atoms with van der Waals surface area (Å²) in [7, 11) is 0. The first-order chi connectivity index (χ1) is 16.4. The molecule has 3 aromatic rings. The van der Waals surface area contributed by atoms with Crippen LogP contribution in [-0.4, -0.2) is 35.8 Å². The van der Waals surface area contributed by atoms with Crippen LogP contribution in [0.2, 0.25) is 0 Å². The van der Waals surface area contributed by atoms with E-state index >= 15 is 0 Å². The topological polar surface area (TPSA) is 94.3 Å². The number of rotatable bonds is 4. The Morgan fingerprint density at radius 3 is 2.56 bits per heavy atom. The molecule has 7 nitrogen and oxygen atoms in total. The number of para-hydroxylation sites is 1. The second kappa shape index (κ2) is 8.82. The van der Waals surface area contributed by atoms with Gasteiger partial charge in [-0.2, -0.15) is 0 Å². The van der Waals surface area contributed by atoms with E-state index in [9.17, 15) is 14.4 Å². The number of fused-ring (bicyclic) bond motifs is 1. The summed E-state index contributed by atoms with van der Waals surface area (Å²) in [6.07, 6.45) is 5.16. The van der Waals surface area contributed by atoms with E-state index in [1.165, 1.54) is 13.3 Å². The Balaban J connectivity index is 1.69. The lowest BCUT2D eigenvalue weighted by Gasteiger charge is -2.24. The summed E-state index contributed by atoms with van der Waals surface area (Å²) in [6, 6.07) is 13.4. The molecule has 1 atom stereocenters. The highest BCUT2D eigenvalue weighted by Crippen LogP contribution is 2.39. The number of aromatic amines is 1. The number of anilines is 2. The first kappa shape index (κ1) is 21.9. The number of hydrogen-bond acceptors (Lipinski definition) is 4. The molecule has 3 heterocycles. The Kier molecular flexibility index (Phi) is 5.69. The highest BCUT2D eigenvalue weighted by Gasteiger charge is 2.35. The van der Waals surface area contributed by atoms with Gasteiger partial charge in [0, 0.05) is 59.6 Å². The first-order valence-electron chi connectivity index (χ1n) is 11.8. The summed E-state index contributed by atoms with van der Waals surface area (Å²) >= 11 is 0. The van der Waals surface area contributed by atoms with Gasteiger partial charge in [-0.05, 0) is 49.4 Å². The Morgan fingerprint density at radius 1 is 1.00 bits per heavy atom. The van der Waals surface area contributed by atoms with Gasteiger partial charge in [0.25, 0.3) is 11.8 Å². The highest BCUT2D eigenvalue weighted by molar-refractivity contribution is 6.50. The predicted molar refractivity (Wildman–Crippen MR) is 134 cm³/mol. The molecular weight excluding hydrogens is 428 g/mol. The van der Waals surface area contributed by atoms with Crippen LogP contribution in [0.15, 0.2) is 48.7 Å². The fourth-order valence-electron chi connectivity index (χ4n) is 5.00. The summed E-state index contributed by atoms with van der Waals surface area (Å²) in [5, 5.41) is 6.18. The van der Waals surface area contributed by atoms with Crippen LogP contribution >= 0.6 is 0 Å². The van der Waals surface area contributed by atoms with Crippen LogP contribution in [0.4, 0.5) is 11.4 Å². The molecule has 0 saturated carbocycles. The molecule has 0 radical (unpaired) electrons. The largest absolute Gasteiger partial charge is 0.372 e. The van der Waals surface area contributed by atoms with Gasteiger partial charge in [-0.3, -0.25) is 19.7 Å². The second-order valence-electron chi connectivity index (χ2n) is 9.22. The average molecular weight is 457 g/mol. The van der Waals surface area contributed by atoms with Crippen molar-refractivity contribution in [1.82, 2.24) is 10.3 Å². The second-order valence-corrected chi connectivity index (χ2v) is 9.22. The number of imide groups is 1. The van der Waals surface area contributed by atoms with Crippen molar-refractivity contribution in [2.75, 3.05) is 23.3 Å². The first-order valence-corrected chi connectivity index (χ1v) is 11.8. The third-order valence-electron chi connectivity index (χ3n) is 6.75. The van der Waals surface area contributed by atoms with Gasteiger partial charge < -0.3 is 15.2 Å². The standard InChI is InChI=1S/C27H28N4O3/c1-16-6-5-12-31(13-11-16)18-9-10-23(29-17(2)32)20(14-18)24-25(27(34)30-26(24)33)21-15-28-22-8-4-3-7-19(21)22/h3-4,7-10,14-16,28H,5-6,11-13H2,1-2H3,(H,29,32)(H,30,33,34). The monoisotopic (exact) mass is 456 g/mol. The number of hydrogen-bond donors (Lipinski definition) is 3. The molecule has 3 N–H and O–H groups in total. The average Bonchev–Trinajstić information content (AvgIpc) is 3.26. The number of nitrogens with one attached hydrogen (secondary N) is 3. The fourth-order valence-corrected chi connectivity index (χ4v) is 5.00. The maximum absolute atomic E-state index is 13.1. The van der Waals surface area contributed by atoms with Gasteiger partial charge in [-0.1, -0.05) is 25.1 Å². The normalized spacial score (nSPS) is 18.9. The van der Waals surface area contributed by atoms with Gasteiger partial charge in [0.1, 0.15) is 0 Å². The van der Waals surface area contributed by atoms with Crippen molar-refractivity contribution in [3.05, 3.63) is 59.8 Å². The van der Waals surface area contributed by atoms with E-state index in [0.717, 1.165) is 42.5 Å². The Morgan fingerprint density at radius 2 is 1.76 bits per heavy atom. The lowest BCUT2D eigenvalue weighted by Crippen LogP contribution is -2.25. The van der Waals surface area contributed by atoms with Gasteiger partial charge >= 0.3 is 0 Å². The van der Waals surface area contributed by atoms with E-state index in [-0.39, 0.29) is 11.5 Å². The van der Waals surface area contributed by atoms with Gasteiger partial charge in [0.2, 0.25) is 5.91 Å². The van der Waals surface area contributed by atoms with Crippen LogP contribution in [0.3, 0.4) is 0 Å². The number of aromatic nitrogens is 1. The summed E-state index contributed by atoms with van der Waals surface area (Å²) < 4.78 is 0. The Labute approximate surface area is 198 Å². The summed E-state index contributed by atoms with van der Waals surface area (Å²) in [5.74, 6) is -0.458. The molecule has 174 valence electrons. The molecule has 5 rings (SSSR count). The smallest absolute Gasteiger partial charge is 0.259 e. The van der Waals surface area contributed by atoms with E-state index < -0.39 is 11.8 Å². The molecule has 0 spiro atoms. The number of amides is 3. The van der Waals surface area contributed by atoms with Crippen molar-refractivity contribution in [2.45, 2.75) is 33.1 Å². The molecule has 7 heteroatoms. The molecule has 2 aliphatic rings. The summed E-state index contributed by atoms with van der Waals surface area (Å²) in [5.41, 5.74) is 4.18. The van der Waals surface area contributed by atoms with Crippen molar-refractivity contribution in [3.63, 3.8) is 0 Å². The molecule has 0 aliphatic carbocycles. The molecule has 2 aliphatic heterocycles. The number of H-pyrrole nitrogens is 1. The lowest BCUT2D eigenvalue weighted by molar-refractivity contribution is -0.123. The molecule has 0 bridgehead atoms. The van der Waals surface area contributed by atoms with Crippen LogP contribution < -0.4 is 15.5 Å². The molecular formula is C27H28N4O3. The number of benzene rings is 2. The van der Waals surface area contributed by atoms with Crippen LogP contribution in [0.25, 0.3) is 22.0 Å². The number of nitrogens with zero attached hydrogens (tertiary/aromatic N) is 1. The third-order valence-corrected chi connectivity index (χ3v) is 6.75. The summed E-state index contributed by atoms with van der Waals surface area (Å²) in [4.78, 5) is 43.6. The van der Waals surface area contributed by atoms with Gasteiger partial charge in [-0.15, -0.1) is 0 Å². The summed E-state index contributed by atoms with van der Waals surface area (Å²) in [6.45, 7) is 5.58. The minimum Gasteiger partial charge on any atom is -0.372 e. The molecule has 1 aromatic heterocycles. The maximum atomic E-state index is 13.1. The molecule has 2 aromatic carbocycles. The SMILES string of the molecule is CC(=O)Nc1ccc(N2CCCC(C)CC2)cc1C1=C(c2c[nH]c3ccccc23)C(=O)NC1=O. The zero-order valence-corrected chi connectivity index (χ0v) is 19.4. The van der Waals surface area contributed by atoms with Crippen molar-refractivity contribution in [2.24, 2.45) is 5.92 Å². The minimum atomic E-state index is -0.460. The maximum Gasteiger partial charge on any atom is 0.259 e. The lowest BCUT2D eigenvalue weighted by atomic mass is 9.94. The molecule has 1 fully saturated rings. The number of carbonyl (C=O) groups excluding carboxylic acids is 3. The predicted octanol–water partition coefficient (Wildman–Crippen LogP) is 4.32. The molecule has 3 amide bonds. The van der Waals surface area contributed by atoms with E-state index in [1.54, 1.807) is 6.20 Å².